The second-order valence-electron chi connectivity index (χ2n) is 3.43. The molecular formula is C12H10FNO3. The zero-order valence-electron chi connectivity index (χ0n) is 9.14. The molecule has 0 unspecified atom stereocenters. The maximum absolute atomic E-state index is 12.8. The number of nitrogens with zero attached hydrogens (tertiary/aromatic N) is 1. The number of rotatable bonds is 4. The predicted molar refractivity (Wildman–Crippen MR) is 58.0 cm³/mol. The van der Waals surface area contributed by atoms with Crippen LogP contribution in [-0.2, 0) is 11.3 Å². The van der Waals surface area contributed by atoms with E-state index in [-0.39, 0.29) is 12.4 Å². The lowest BCUT2D eigenvalue weighted by atomic mass is 10.1. The van der Waals surface area contributed by atoms with Gasteiger partial charge < -0.3 is 9.26 Å². The first-order valence-corrected chi connectivity index (χ1v) is 4.95. The van der Waals surface area contributed by atoms with Gasteiger partial charge in [0.15, 0.2) is 12.0 Å². The fourth-order valence-corrected chi connectivity index (χ4v) is 1.50. The summed E-state index contributed by atoms with van der Waals surface area (Å²) in [5.74, 6) is 0.0174. The Balaban J connectivity index is 2.44. The fraction of sp³-hybridized carbons (Fsp3) is 0.167. The van der Waals surface area contributed by atoms with Gasteiger partial charge in [0, 0.05) is 12.7 Å². The molecule has 0 aliphatic heterocycles. The molecule has 17 heavy (non-hydrogen) atoms. The summed E-state index contributed by atoms with van der Waals surface area (Å²) in [5, 5.41) is 3.80. The van der Waals surface area contributed by atoms with Gasteiger partial charge in [0.25, 0.3) is 0 Å². The standard InChI is InChI=1S/C12H10FNO3/c1-16-7-11-10(6-15)12(14-17-11)8-2-4-9(13)5-3-8/h2-6H,7H2,1H3. The number of aldehydes is 1. The molecule has 1 aromatic carbocycles. The summed E-state index contributed by atoms with van der Waals surface area (Å²) in [6.45, 7) is 0.169. The van der Waals surface area contributed by atoms with Gasteiger partial charge >= 0.3 is 0 Å². The van der Waals surface area contributed by atoms with Crippen molar-refractivity contribution in [2.75, 3.05) is 7.11 Å². The van der Waals surface area contributed by atoms with Crippen molar-refractivity contribution < 1.29 is 18.4 Å². The summed E-state index contributed by atoms with van der Waals surface area (Å²) in [6, 6.07) is 5.68. The Morgan fingerprint density at radius 2 is 2.12 bits per heavy atom. The summed E-state index contributed by atoms with van der Waals surface area (Å²) >= 11 is 0. The number of carbonyl (C=O) groups is 1. The van der Waals surface area contributed by atoms with Crippen LogP contribution >= 0.6 is 0 Å². The highest BCUT2D eigenvalue weighted by Crippen LogP contribution is 2.24. The van der Waals surface area contributed by atoms with Gasteiger partial charge in [0.2, 0.25) is 0 Å². The zero-order valence-corrected chi connectivity index (χ0v) is 9.14. The largest absolute Gasteiger partial charge is 0.377 e. The van der Waals surface area contributed by atoms with E-state index in [4.69, 9.17) is 9.26 Å². The molecule has 0 fully saturated rings. The molecule has 4 nitrogen and oxygen atoms in total. The van der Waals surface area contributed by atoms with Gasteiger partial charge in [-0.05, 0) is 24.3 Å². The van der Waals surface area contributed by atoms with Crippen molar-refractivity contribution in [2.24, 2.45) is 0 Å². The van der Waals surface area contributed by atoms with Gasteiger partial charge in [-0.3, -0.25) is 4.79 Å². The Hall–Kier alpha value is -2.01. The molecule has 0 aliphatic carbocycles. The molecule has 0 aliphatic rings. The van der Waals surface area contributed by atoms with Crippen LogP contribution in [0.3, 0.4) is 0 Å². The predicted octanol–water partition coefficient (Wildman–Crippen LogP) is 2.44. The van der Waals surface area contributed by atoms with Gasteiger partial charge in [-0.2, -0.15) is 0 Å². The van der Waals surface area contributed by atoms with Crippen LogP contribution in [0.1, 0.15) is 16.1 Å². The highest BCUT2D eigenvalue weighted by atomic mass is 19.1. The summed E-state index contributed by atoms with van der Waals surface area (Å²) < 4.78 is 22.7. The summed E-state index contributed by atoms with van der Waals surface area (Å²) in [6.07, 6.45) is 0.656. The van der Waals surface area contributed by atoms with Crippen molar-refractivity contribution in [2.45, 2.75) is 6.61 Å². The fourth-order valence-electron chi connectivity index (χ4n) is 1.50. The molecule has 0 saturated heterocycles. The maximum Gasteiger partial charge on any atom is 0.173 e. The zero-order chi connectivity index (χ0) is 12.3. The second kappa shape index (κ2) is 4.88. The Bertz CT molecular complexity index is 519. The topological polar surface area (TPSA) is 52.3 Å². The van der Waals surface area contributed by atoms with E-state index in [9.17, 15) is 9.18 Å². The molecule has 0 spiro atoms. The minimum atomic E-state index is -0.345. The first-order chi connectivity index (χ1) is 8.26. The third-order valence-corrected chi connectivity index (χ3v) is 2.31. The highest BCUT2D eigenvalue weighted by Gasteiger charge is 2.16. The number of hydrogen-bond donors (Lipinski definition) is 0. The summed E-state index contributed by atoms with van der Waals surface area (Å²) in [5.41, 5.74) is 1.35. The molecule has 5 heteroatoms. The normalized spacial score (nSPS) is 10.5. The average Bonchev–Trinajstić information content (AvgIpc) is 2.73. The van der Waals surface area contributed by atoms with E-state index in [0.29, 0.717) is 28.9 Å². The maximum atomic E-state index is 12.8. The van der Waals surface area contributed by atoms with Crippen LogP contribution in [0, 0.1) is 5.82 Å². The third-order valence-electron chi connectivity index (χ3n) is 2.31. The van der Waals surface area contributed by atoms with E-state index in [2.05, 4.69) is 5.16 Å². The Labute approximate surface area is 97.0 Å². The molecule has 0 saturated carbocycles. The van der Waals surface area contributed by atoms with E-state index in [1.807, 2.05) is 0 Å². The van der Waals surface area contributed by atoms with Crippen LogP contribution in [0.2, 0.25) is 0 Å². The first-order valence-electron chi connectivity index (χ1n) is 4.95. The van der Waals surface area contributed by atoms with Crippen molar-refractivity contribution in [3.63, 3.8) is 0 Å². The Morgan fingerprint density at radius 3 is 2.71 bits per heavy atom. The SMILES string of the molecule is COCc1onc(-c2ccc(F)cc2)c1C=O. The monoisotopic (exact) mass is 235 g/mol. The second-order valence-corrected chi connectivity index (χ2v) is 3.43. The number of carbonyl (C=O) groups excluding carboxylic acids is 1. The third kappa shape index (κ3) is 2.24. The van der Waals surface area contributed by atoms with Crippen LogP contribution in [0.25, 0.3) is 11.3 Å². The van der Waals surface area contributed by atoms with Crippen molar-refractivity contribution >= 4 is 6.29 Å². The summed E-state index contributed by atoms with van der Waals surface area (Å²) in [4.78, 5) is 11.0. The van der Waals surface area contributed by atoms with Crippen molar-refractivity contribution in [1.29, 1.82) is 0 Å². The molecule has 0 radical (unpaired) electrons. The van der Waals surface area contributed by atoms with Crippen LogP contribution in [-0.4, -0.2) is 18.6 Å². The van der Waals surface area contributed by atoms with Crippen LogP contribution in [0.4, 0.5) is 4.39 Å². The Morgan fingerprint density at radius 1 is 1.41 bits per heavy atom. The molecule has 0 bridgehead atoms. The molecule has 1 aromatic heterocycles. The minimum absolute atomic E-state index is 0.169. The van der Waals surface area contributed by atoms with Gasteiger partial charge in [0.1, 0.15) is 18.1 Å². The van der Waals surface area contributed by atoms with Crippen molar-refractivity contribution in [3.8, 4) is 11.3 Å². The number of benzene rings is 1. The molecule has 0 amide bonds. The van der Waals surface area contributed by atoms with Crippen molar-refractivity contribution in [1.82, 2.24) is 5.16 Å². The number of ether oxygens (including phenoxy) is 1. The van der Waals surface area contributed by atoms with E-state index in [1.165, 1.54) is 31.4 Å². The molecule has 0 atom stereocenters. The van der Waals surface area contributed by atoms with Crippen molar-refractivity contribution in [3.05, 3.63) is 41.4 Å². The van der Waals surface area contributed by atoms with E-state index in [1.54, 1.807) is 0 Å². The molecule has 0 N–H and O–H groups in total. The van der Waals surface area contributed by atoms with Crippen LogP contribution in [0.15, 0.2) is 28.8 Å². The Kier molecular flexibility index (Phi) is 3.30. The van der Waals surface area contributed by atoms with Gasteiger partial charge in [-0.25, -0.2) is 4.39 Å². The number of hydrogen-bond acceptors (Lipinski definition) is 4. The van der Waals surface area contributed by atoms with Gasteiger partial charge in [-0.15, -0.1) is 0 Å². The van der Waals surface area contributed by atoms with Gasteiger partial charge in [-0.1, -0.05) is 5.16 Å². The number of aromatic nitrogens is 1. The first kappa shape index (κ1) is 11.5. The molecule has 88 valence electrons. The van der Waals surface area contributed by atoms with E-state index in [0.717, 1.165) is 0 Å². The van der Waals surface area contributed by atoms with Crippen LogP contribution in [0.5, 0.6) is 0 Å². The molecule has 2 rings (SSSR count). The minimum Gasteiger partial charge on any atom is -0.377 e. The summed E-state index contributed by atoms with van der Waals surface area (Å²) in [7, 11) is 1.49. The molecular weight excluding hydrogens is 225 g/mol. The van der Waals surface area contributed by atoms with Gasteiger partial charge in [0.05, 0.1) is 5.56 Å². The van der Waals surface area contributed by atoms with Crippen LogP contribution < -0.4 is 0 Å². The van der Waals surface area contributed by atoms with E-state index < -0.39 is 0 Å². The lowest BCUT2D eigenvalue weighted by Gasteiger charge is -1.97. The average molecular weight is 235 g/mol. The lowest BCUT2D eigenvalue weighted by Crippen LogP contribution is -1.91. The smallest absolute Gasteiger partial charge is 0.173 e. The number of methoxy groups -OCH3 is 1. The highest BCUT2D eigenvalue weighted by molar-refractivity contribution is 5.86. The number of halogens is 1. The lowest BCUT2D eigenvalue weighted by molar-refractivity contribution is 0.111. The van der Waals surface area contributed by atoms with E-state index >= 15 is 0 Å². The quantitative estimate of drug-likeness (QED) is 0.764. The molecule has 2 aromatic rings. The molecule has 1 heterocycles.